The molecule has 2 saturated heterocycles. The molecule has 5 nitrogen and oxygen atoms in total. The summed E-state index contributed by atoms with van der Waals surface area (Å²) in [6.45, 7) is 12.2. The normalized spacial score (nSPS) is 19.5. The number of hydrogen-bond acceptors (Lipinski definition) is 5. The fraction of sp³-hybridized carbons (Fsp3) is 0.441. The van der Waals surface area contributed by atoms with E-state index >= 15 is 0 Å². The van der Waals surface area contributed by atoms with Crippen LogP contribution >= 0.6 is 0 Å². The second-order valence-electron chi connectivity index (χ2n) is 12.8. The zero-order chi connectivity index (χ0) is 29.8. The highest BCUT2D eigenvalue weighted by atomic mass is 19.3. The number of rotatable bonds is 7. The number of nitrogens with zero attached hydrogens (tertiary/aromatic N) is 2. The molecule has 0 aliphatic carbocycles. The molecular weight excluding hydrogens is 533 g/mol. The van der Waals surface area contributed by atoms with Crippen molar-refractivity contribution in [2.75, 3.05) is 13.1 Å². The minimum absolute atomic E-state index is 0.257. The standard InChI is InChI=1S/C34H39BF2N2O3/c1-21-25(26-12-10-14-28(22(26)2)35-41-33(3,4)34(5,6)42-35)11-9-13-27(21)30-17-23-19-31(40-32(36)37)24(18-29(23)38-30)20-39-15-7-8-16-39/h9-14,18-19,32H,7-8,15-17,20H2,1-6H3. The van der Waals surface area contributed by atoms with Gasteiger partial charge in [-0.1, -0.05) is 36.4 Å². The number of hydrogen-bond donors (Lipinski definition) is 0. The summed E-state index contributed by atoms with van der Waals surface area (Å²) in [5.74, 6) is 0.257. The van der Waals surface area contributed by atoms with Crippen molar-refractivity contribution in [3.8, 4) is 16.9 Å². The molecule has 42 heavy (non-hydrogen) atoms. The van der Waals surface area contributed by atoms with Crippen LogP contribution in [0.2, 0.25) is 0 Å². The van der Waals surface area contributed by atoms with Crippen molar-refractivity contribution >= 4 is 24.0 Å². The Bertz CT molecular complexity index is 1530. The minimum Gasteiger partial charge on any atom is -0.434 e. The predicted octanol–water partition coefficient (Wildman–Crippen LogP) is 7.14. The molecule has 0 aromatic heterocycles. The second kappa shape index (κ2) is 10.9. The van der Waals surface area contributed by atoms with E-state index in [4.69, 9.17) is 19.0 Å². The Labute approximate surface area is 248 Å². The number of halogens is 2. The minimum atomic E-state index is -2.86. The maximum atomic E-state index is 13.3. The molecule has 2 fully saturated rings. The van der Waals surface area contributed by atoms with Crippen LogP contribution in [0.4, 0.5) is 14.5 Å². The van der Waals surface area contributed by atoms with E-state index in [1.807, 2.05) is 6.07 Å². The zero-order valence-corrected chi connectivity index (χ0v) is 25.4. The van der Waals surface area contributed by atoms with Crippen LogP contribution in [0.5, 0.6) is 5.75 Å². The molecule has 220 valence electrons. The van der Waals surface area contributed by atoms with Gasteiger partial charge in [-0.3, -0.25) is 9.89 Å². The Morgan fingerprint density at radius 2 is 1.52 bits per heavy atom. The molecule has 3 aromatic carbocycles. The SMILES string of the molecule is Cc1c(B2OC(C)(C)C(C)(C)O2)cccc1-c1cccc(C2=Nc3cc(CN4CCCC4)c(OC(F)F)cc3C2)c1C. The van der Waals surface area contributed by atoms with Gasteiger partial charge in [-0.05, 0) is 118 Å². The van der Waals surface area contributed by atoms with Gasteiger partial charge in [0.2, 0.25) is 0 Å². The molecule has 0 unspecified atom stereocenters. The molecule has 0 bridgehead atoms. The van der Waals surface area contributed by atoms with Crippen LogP contribution in [0, 0.1) is 13.8 Å². The van der Waals surface area contributed by atoms with E-state index in [2.05, 4.69) is 82.8 Å². The van der Waals surface area contributed by atoms with Crippen molar-refractivity contribution in [3.05, 3.63) is 76.3 Å². The van der Waals surface area contributed by atoms with E-state index in [0.717, 1.165) is 81.7 Å². The molecule has 0 saturated carbocycles. The molecule has 0 spiro atoms. The van der Waals surface area contributed by atoms with Gasteiger partial charge in [0.05, 0.1) is 22.6 Å². The molecule has 3 aliphatic heterocycles. The Hall–Kier alpha value is -3.07. The summed E-state index contributed by atoms with van der Waals surface area (Å²) >= 11 is 0. The first-order valence-electron chi connectivity index (χ1n) is 14.9. The summed E-state index contributed by atoms with van der Waals surface area (Å²) in [6, 6.07) is 16.3. The summed E-state index contributed by atoms with van der Waals surface area (Å²) in [4.78, 5) is 7.31. The predicted molar refractivity (Wildman–Crippen MR) is 165 cm³/mol. The number of benzene rings is 3. The van der Waals surface area contributed by atoms with Gasteiger partial charge in [-0.25, -0.2) is 0 Å². The maximum absolute atomic E-state index is 13.3. The number of alkyl halides is 2. The van der Waals surface area contributed by atoms with E-state index in [1.54, 1.807) is 6.07 Å². The summed E-state index contributed by atoms with van der Waals surface area (Å²) in [5, 5.41) is 0. The Morgan fingerprint density at radius 3 is 2.19 bits per heavy atom. The molecule has 0 radical (unpaired) electrons. The van der Waals surface area contributed by atoms with E-state index in [1.165, 1.54) is 0 Å². The molecule has 3 aromatic rings. The van der Waals surface area contributed by atoms with Crippen LogP contribution in [-0.4, -0.2) is 48.6 Å². The van der Waals surface area contributed by atoms with Crippen molar-refractivity contribution in [1.29, 1.82) is 0 Å². The monoisotopic (exact) mass is 572 g/mol. The molecule has 6 rings (SSSR count). The molecule has 3 aliphatic rings. The van der Waals surface area contributed by atoms with E-state index in [0.29, 0.717) is 13.0 Å². The Morgan fingerprint density at radius 1 is 0.905 bits per heavy atom. The Kier molecular flexibility index (Phi) is 7.53. The summed E-state index contributed by atoms with van der Waals surface area (Å²) in [6.07, 6.45) is 2.83. The smallest absolute Gasteiger partial charge is 0.434 e. The number of fused-ring (bicyclic) bond motifs is 1. The maximum Gasteiger partial charge on any atom is 0.495 e. The van der Waals surface area contributed by atoms with Gasteiger partial charge in [0.15, 0.2) is 0 Å². The van der Waals surface area contributed by atoms with Crippen molar-refractivity contribution in [2.45, 2.75) is 85.2 Å². The summed E-state index contributed by atoms with van der Waals surface area (Å²) < 4.78 is 44.4. The molecular formula is C34H39BF2N2O3. The fourth-order valence-electron chi connectivity index (χ4n) is 6.34. The van der Waals surface area contributed by atoms with Gasteiger partial charge in [0, 0.05) is 18.5 Å². The first-order valence-corrected chi connectivity index (χ1v) is 14.9. The first kappa shape index (κ1) is 29.0. The van der Waals surface area contributed by atoms with Crippen LogP contribution in [0.15, 0.2) is 53.5 Å². The lowest BCUT2D eigenvalue weighted by Crippen LogP contribution is -2.41. The average molecular weight is 573 g/mol. The highest BCUT2D eigenvalue weighted by Gasteiger charge is 2.52. The van der Waals surface area contributed by atoms with E-state index in [-0.39, 0.29) is 5.75 Å². The van der Waals surface area contributed by atoms with Crippen LogP contribution in [0.3, 0.4) is 0 Å². The van der Waals surface area contributed by atoms with Gasteiger partial charge in [-0.15, -0.1) is 0 Å². The molecule has 8 heteroatoms. The van der Waals surface area contributed by atoms with Gasteiger partial charge in [0.25, 0.3) is 0 Å². The van der Waals surface area contributed by atoms with Crippen LogP contribution in [0.1, 0.15) is 68.4 Å². The molecule has 0 amide bonds. The second-order valence-corrected chi connectivity index (χ2v) is 12.8. The third kappa shape index (κ3) is 5.29. The first-order chi connectivity index (χ1) is 19.9. The number of aliphatic imine (C=N–C) groups is 1. The molecule has 0 atom stereocenters. The third-order valence-electron chi connectivity index (χ3n) is 9.50. The number of likely N-dealkylation sites (tertiary alicyclic amines) is 1. The van der Waals surface area contributed by atoms with E-state index < -0.39 is 24.9 Å². The van der Waals surface area contributed by atoms with Crippen molar-refractivity contribution in [2.24, 2.45) is 4.99 Å². The fourth-order valence-corrected chi connectivity index (χ4v) is 6.34. The quantitative estimate of drug-likeness (QED) is 0.282. The lowest BCUT2D eigenvalue weighted by Gasteiger charge is -2.32. The van der Waals surface area contributed by atoms with Gasteiger partial charge in [0.1, 0.15) is 5.75 Å². The van der Waals surface area contributed by atoms with Crippen LogP contribution in [0.25, 0.3) is 11.1 Å². The molecule has 0 N–H and O–H groups in total. The topological polar surface area (TPSA) is 43.3 Å². The van der Waals surface area contributed by atoms with Gasteiger partial charge >= 0.3 is 13.7 Å². The third-order valence-corrected chi connectivity index (χ3v) is 9.50. The van der Waals surface area contributed by atoms with Gasteiger partial charge < -0.3 is 14.0 Å². The Balaban J connectivity index is 1.32. The lowest BCUT2D eigenvalue weighted by atomic mass is 9.74. The van der Waals surface area contributed by atoms with Crippen molar-refractivity contribution in [1.82, 2.24) is 4.90 Å². The largest absolute Gasteiger partial charge is 0.495 e. The average Bonchev–Trinajstić information content (AvgIpc) is 3.62. The van der Waals surface area contributed by atoms with Crippen LogP contribution in [-0.2, 0) is 22.3 Å². The summed E-state index contributed by atoms with van der Waals surface area (Å²) in [7, 11) is -0.438. The highest BCUT2D eigenvalue weighted by molar-refractivity contribution is 6.62. The van der Waals surface area contributed by atoms with Crippen molar-refractivity contribution in [3.63, 3.8) is 0 Å². The number of ether oxygens (including phenoxy) is 1. The van der Waals surface area contributed by atoms with E-state index in [9.17, 15) is 8.78 Å². The van der Waals surface area contributed by atoms with Gasteiger partial charge in [-0.2, -0.15) is 8.78 Å². The highest BCUT2D eigenvalue weighted by Crippen LogP contribution is 2.39. The lowest BCUT2D eigenvalue weighted by molar-refractivity contribution is -0.0507. The van der Waals surface area contributed by atoms with Crippen LogP contribution < -0.4 is 10.2 Å². The zero-order valence-electron chi connectivity index (χ0n) is 25.4. The van der Waals surface area contributed by atoms with Crippen molar-refractivity contribution < 1.29 is 22.8 Å². The molecule has 3 heterocycles. The summed E-state index contributed by atoms with van der Waals surface area (Å²) in [5.41, 5.74) is 9.19.